The highest BCUT2D eigenvalue weighted by Gasteiger charge is 2.19. The topological polar surface area (TPSA) is 35.8 Å². The number of fused-ring (bicyclic) bond motifs is 1. The summed E-state index contributed by atoms with van der Waals surface area (Å²) in [4.78, 5) is 7.14. The zero-order valence-corrected chi connectivity index (χ0v) is 17.3. The summed E-state index contributed by atoms with van der Waals surface area (Å²) < 4.78 is 0. The number of rotatable bonds is 4. The van der Waals surface area contributed by atoms with Crippen LogP contribution in [0.2, 0.25) is 5.02 Å². The molecule has 0 radical (unpaired) electrons. The lowest BCUT2D eigenvalue weighted by molar-refractivity contribution is 0.475. The van der Waals surface area contributed by atoms with Crippen molar-refractivity contribution in [3.05, 3.63) is 106 Å². The highest BCUT2D eigenvalue weighted by Crippen LogP contribution is 2.31. The van der Waals surface area contributed by atoms with Crippen LogP contribution in [0.1, 0.15) is 29.2 Å². The highest BCUT2D eigenvalue weighted by atomic mass is 35.5. The molecule has 0 fully saturated rings. The molecule has 3 aromatic carbocycles. The van der Waals surface area contributed by atoms with Gasteiger partial charge in [0.05, 0.1) is 17.1 Å². The summed E-state index contributed by atoms with van der Waals surface area (Å²) in [6, 6.07) is 21.7. The maximum atomic E-state index is 9.70. The number of benzene rings is 3. The molecule has 4 rings (SSSR count). The lowest BCUT2D eigenvalue weighted by Gasteiger charge is -2.17. The molecule has 0 aromatic heterocycles. The number of hydrogen-bond donors (Lipinski definition) is 1. The van der Waals surface area contributed by atoms with E-state index in [9.17, 15) is 5.11 Å². The van der Waals surface area contributed by atoms with Gasteiger partial charge in [-0.2, -0.15) is 0 Å². The second kappa shape index (κ2) is 8.14. The summed E-state index contributed by atoms with van der Waals surface area (Å²) in [5.41, 5.74) is 7.32. The number of allylic oxidation sites excluding steroid dienone is 1. The Morgan fingerprint density at radius 2 is 1.62 bits per heavy atom. The number of aliphatic imine (C=N–C) groups is 1. The van der Waals surface area contributed by atoms with Crippen molar-refractivity contribution < 1.29 is 5.11 Å². The molecule has 146 valence electrons. The smallest absolute Gasteiger partial charge is 0.115 e. The number of nitrogens with zero attached hydrogens (tertiary/aromatic N) is 2. The molecule has 1 heterocycles. The number of phenols is 1. The summed E-state index contributed by atoms with van der Waals surface area (Å²) in [7, 11) is 2.03. The first-order valence-corrected chi connectivity index (χ1v) is 10.1. The van der Waals surface area contributed by atoms with Gasteiger partial charge in [0.25, 0.3) is 0 Å². The van der Waals surface area contributed by atoms with Gasteiger partial charge in [-0.05, 0) is 60.0 Å². The Bertz CT molecular complexity index is 1080. The first kappa shape index (κ1) is 19.3. The zero-order valence-electron chi connectivity index (χ0n) is 16.6. The second-order valence-electron chi connectivity index (χ2n) is 7.25. The van der Waals surface area contributed by atoms with E-state index in [2.05, 4.69) is 42.3 Å². The van der Waals surface area contributed by atoms with Gasteiger partial charge in [0.2, 0.25) is 0 Å². The Labute approximate surface area is 176 Å². The lowest BCUT2D eigenvalue weighted by atomic mass is 10.00. The number of aromatic hydroxyl groups is 1. The van der Waals surface area contributed by atoms with Gasteiger partial charge in [0, 0.05) is 35.8 Å². The van der Waals surface area contributed by atoms with Gasteiger partial charge in [0.1, 0.15) is 5.75 Å². The van der Waals surface area contributed by atoms with Gasteiger partial charge in [-0.15, -0.1) is 0 Å². The molecular weight excluding hydrogens is 380 g/mol. The van der Waals surface area contributed by atoms with Crippen molar-refractivity contribution in [2.75, 3.05) is 11.9 Å². The molecule has 0 bridgehead atoms. The van der Waals surface area contributed by atoms with E-state index in [1.54, 1.807) is 12.1 Å². The first-order valence-electron chi connectivity index (χ1n) is 9.73. The van der Waals surface area contributed by atoms with E-state index in [1.165, 1.54) is 11.1 Å². The number of anilines is 1. The zero-order chi connectivity index (χ0) is 20.4. The maximum Gasteiger partial charge on any atom is 0.115 e. The van der Waals surface area contributed by atoms with Crippen molar-refractivity contribution in [3.8, 4) is 5.75 Å². The fourth-order valence-corrected chi connectivity index (χ4v) is 3.73. The van der Waals surface area contributed by atoms with E-state index in [0.717, 1.165) is 41.1 Å². The van der Waals surface area contributed by atoms with E-state index >= 15 is 0 Å². The van der Waals surface area contributed by atoms with Crippen molar-refractivity contribution in [3.63, 3.8) is 0 Å². The summed E-state index contributed by atoms with van der Waals surface area (Å²) in [5.74, 6) is 0.234. The molecule has 4 heteroatoms. The van der Waals surface area contributed by atoms with E-state index in [4.69, 9.17) is 16.6 Å². The third-order valence-corrected chi connectivity index (χ3v) is 5.38. The molecule has 0 unspecified atom stereocenters. The Kier molecular flexibility index (Phi) is 5.41. The number of halogens is 1. The third kappa shape index (κ3) is 4.20. The van der Waals surface area contributed by atoms with Crippen LogP contribution in [0.3, 0.4) is 0 Å². The van der Waals surface area contributed by atoms with Crippen LogP contribution in [-0.4, -0.2) is 17.9 Å². The molecular formula is C25H23ClN2O. The van der Waals surface area contributed by atoms with Crippen molar-refractivity contribution >= 4 is 23.0 Å². The molecule has 3 aromatic rings. The van der Waals surface area contributed by atoms with Crippen LogP contribution < -0.4 is 4.90 Å². The predicted molar refractivity (Wildman–Crippen MR) is 121 cm³/mol. The van der Waals surface area contributed by atoms with Gasteiger partial charge in [-0.25, -0.2) is 0 Å². The minimum Gasteiger partial charge on any atom is -0.508 e. The number of aryl methyl sites for hydroxylation is 1. The van der Waals surface area contributed by atoms with Crippen molar-refractivity contribution in [1.82, 2.24) is 0 Å². The average molecular weight is 403 g/mol. The van der Waals surface area contributed by atoms with Crippen LogP contribution in [-0.2, 0) is 12.8 Å². The molecule has 1 aliphatic heterocycles. The van der Waals surface area contributed by atoms with E-state index in [-0.39, 0.29) is 5.75 Å². The standard InChI is InChI=1S/C25H23ClN2O/c1-3-17-4-6-18(7-5-17)14-21-16-28(2)24-13-10-20(26)15-23(24)25(27-21)19-8-11-22(29)12-9-19/h4-13,15-16,29H,3,14H2,1-2H3. The van der Waals surface area contributed by atoms with Crippen LogP contribution in [0.5, 0.6) is 5.75 Å². The largest absolute Gasteiger partial charge is 0.508 e. The molecule has 0 saturated carbocycles. The van der Waals surface area contributed by atoms with Crippen molar-refractivity contribution in [2.24, 2.45) is 4.99 Å². The summed E-state index contributed by atoms with van der Waals surface area (Å²) >= 11 is 6.32. The van der Waals surface area contributed by atoms with Gasteiger partial charge in [-0.1, -0.05) is 42.8 Å². The molecule has 0 saturated heterocycles. The Balaban J connectivity index is 1.80. The Hall–Kier alpha value is -3.04. The van der Waals surface area contributed by atoms with Crippen molar-refractivity contribution in [1.29, 1.82) is 0 Å². The SMILES string of the molecule is CCc1ccc(CC2=CN(C)c3ccc(Cl)cc3C(c3ccc(O)cc3)=N2)cc1. The summed E-state index contributed by atoms with van der Waals surface area (Å²) in [6.45, 7) is 2.16. The lowest BCUT2D eigenvalue weighted by Crippen LogP contribution is -2.12. The Morgan fingerprint density at radius 3 is 2.31 bits per heavy atom. The fourth-order valence-electron chi connectivity index (χ4n) is 3.56. The van der Waals surface area contributed by atoms with Crippen molar-refractivity contribution in [2.45, 2.75) is 19.8 Å². The van der Waals surface area contributed by atoms with E-state index in [1.807, 2.05) is 37.4 Å². The average Bonchev–Trinajstić information content (AvgIpc) is 2.85. The van der Waals surface area contributed by atoms with E-state index in [0.29, 0.717) is 5.02 Å². The number of hydrogen-bond acceptors (Lipinski definition) is 3. The predicted octanol–water partition coefficient (Wildman–Crippen LogP) is 5.98. The minimum absolute atomic E-state index is 0.234. The monoisotopic (exact) mass is 402 g/mol. The summed E-state index contributed by atoms with van der Waals surface area (Å²) in [5, 5.41) is 10.4. The van der Waals surface area contributed by atoms with E-state index < -0.39 is 0 Å². The molecule has 3 nitrogen and oxygen atoms in total. The molecule has 1 N–H and O–H groups in total. The van der Waals surface area contributed by atoms with Crippen LogP contribution in [0, 0.1) is 0 Å². The van der Waals surface area contributed by atoms with Gasteiger partial charge >= 0.3 is 0 Å². The Morgan fingerprint density at radius 1 is 0.931 bits per heavy atom. The highest BCUT2D eigenvalue weighted by molar-refractivity contribution is 6.31. The third-order valence-electron chi connectivity index (χ3n) is 5.15. The maximum absolute atomic E-state index is 9.70. The van der Waals surface area contributed by atoms with Gasteiger partial charge in [-0.3, -0.25) is 4.99 Å². The van der Waals surface area contributed by atoms with Gasteiger partial charge in [0.15, 0.2) is 0 Å². The molecule has 0 amide bonds. The fraction of sp³-hybridized carbons (Fsp3) is 0.160. The molecule has 1 aliphatic rings. The second-order valence-corrected chi connectivity index (χ2v) is 7.68. The quantitative estimate of drug-likeness (QED) is 0.582. The summed E-state index contributed by atoms with van der Waals surface area (Å²) in [6.07, 6.45) is 3.84. The first-order chi connectivity index (χ1) is 14.0. The van der Waals surface area contributed by atoms with Crippen LogP contribution >= 0.6 is 11.6 Å². The van der Waals surface area contributed by atoms with Crippen LogP contribution in [0.15, 0.2) is 83.6 Å². The normalized spacial score (nSPS) is 13.4. The molecule has 29 heavy (non-hydrogen) atoms. The molecule has 0 spiro atoms. The number of phenolic OH excluding ortho intramolecular Hbond substituents is 1. The molecule has 0 atom stereocenters. The van der Waals surface area contributed by atoms with Gasteiger partial charge < -0.3 is 10.0 Å². The van der Waals surface area contributed by atoms with Crippen LogP contribution in [0.25, 0.3) is 0 Å². The molecule has 0 aliphatic carbocycles. The van der Waals surface area contributed by atoms with Crippen LogP contribution in [0.4, 0.5) is 5.69 Å². The minimum atomic E-state index is 0.234.